The monoisotopic (exact) mass is 424 g/mol. The second-order valence-corrected chi connectivity index (χ2v) is 9.06. The summed E-state index contributed by atoms with van der Waals surface area (Å²) in [5, 5.41) is 1.07. The number of hydrogen-bond donors (Lipinski definition) is 0. The van der Waals surface area contributed by atoms with E-state index in [1.54, 1.807) is 26.0 Å². The molecule has 0 saturated heterocycles. The molecule has 0 N–H and O–H groups in total. The van der Waals surface area contributed by atoms with Crippen LogP contribution in [-0.2, 0) is 0 Å². The Kier molecular flexibility index (Phi) is 4.81. The normalized spacial score (nSPS) is 16.2. The maximum Gasteiger partial charge on any atom is 0.166 e. The topological polar surface area (TPSA) is 51.9 Å². The molecule has 0 radical (unpaired) electrons. The molecule has 2 saturated carbocycles. The lowest BCUT2D eigenvalue weighted by Gasteiger charge is -2.25. The van der Waals surface area contributed by atoms with E-state index >= 15 is 0 Å². The molecule has 30 heavy (non-hydrogen) atoms. The van der Waals surface area contributed by atoms with Crippen molar-refractivity contribution in [2.45, 2.75) is 56.6 Å². The van der Waals surface area contributed by atoms with Gasteiger partial charge >= 0.3 is 0 Å². The van der Waals surface area contributed by atoms with E-state index in [1.165, 1.54) is 31.5 Å². The van der Waals surface area contributed by atoms with Crippen molar-refractivity contribution in [3.05, 3.63) is 29.6 Å². The lowest BCUT2D eigenvalue weighted by molar-refractivity contribution is 0.396. The second kappa shape index (κ2) is 7.38. The molecule has 0 unspecified atom stereocenters. The minimum absolute atomic E-state index is 0.641. The molecule has 1 aromatic carbocycles. The first-order valence-electron chi connectivity index (χ1n) is 10.5. The van der Waals surface area contributed by atoms with Gasteiger partial charge in [-0.1, -0.05) is 0 Å². The van der Waals surface area contributed by atoms with E-state index in [0.717, 1.165) is 44.7 Å². The number of nitrogens with zero attached hydrogens (tertiary/aromatic N) is 4. The minimum Gasteiger partial charge on any atom is -0.496 e. The Labute approximate surface area is 181 Å². The van der Waals surface area contributed by atoms with Crippen LogP contribution in [0.1, 0.15) is 36.9 Å². The molecule has 2 aliphatic carbocycles. The summed E-state index contributed by atoms with van der Waals surface area (Å²) in [6.45, 7) is 4.15. The highest BCUT2D eigenvalue weighted by Gasteiger charge is 2.42. The lowest BCUT2D eigenvalue weighted by Crippen LogP contribution is -2.30. The van der Waals surface area contributed by atoms with Crippen molar-refractivity contribution in [3.8, 4) is 22.8 Å². The number of benzene rings is 1. The van der Waals surface area contributed by atoms with Gasteiger partial charge in [-0.05, 0) is 63.5 Å². The first kappa shape index (κ1) is 19.5. The Morgan fingerprint density at radius 3 is 2.13 bits per heavy atom. The highest BCUT2D eigenvalue weighted by Crippen LogP contribution is 2.46. The number of ether oxygens (including phenoxy) is 2. The number of anilines is 1. The van der Waals surface area contributed by atoms with Crippen molar-refractivity contribution >= 4 is 23.2 Å². The first-order valence-corrected chi connectivity index (χ1v) is 11.7. The Balaban J connectivity index is 1.80. The smallest absolute Gasteiger partial charge is 0.166 e. The molecule has 2 fully saturated rings. The van der Waals surface area contributed by atoms with Crippen LogP contribution in [0.2, 0.25) is 0 Å². The fourth-order valence-corrected chi connectivity index (χ4v) is 4.88. The summed E-state index contributed by atoms with van der Waals surface area (Å²) in [5.74, 6) is 2.73. The van der Waals surface area contributed by atoms with Crippen LogP contribution in [0.15, 0.2) is 23.4 Å². The number of rotatable bonds is 7. The molecule has 0 bridgehead atoms. The van der Waals surface area contributed by atoms with E-state index < -0.39 is 0 Å². The van der Waals surface area contributed by atoms with Gasteiger partial charge in [-0.25, -0.2) is 4.98 Å². The number of aryl methyl sites for hydroxylation is 2. The molecule has 3 aromatic rings. The van der Waals surface area contributed by atoms with E-state index in [1.807, 2.05) is 25.3 Å². The Morgan fingerprint density at radius 2 is 1.63 bits per heavy atom. The van der Waals surface area contributed by atoms with Crippen LogP contribution < -0.4 is 14.4 Å². The van der Waals surface area contributed by atoms with Gasteiger partial charge in [0.2, 0.25) is 0 Å². The fourth-order valence-electron chi connectivity index (χ4n) is 4.32. The molecule has 0 amide bonds. The number of thioether (sulfide) groups is 1. The zero-order valence-corrected chi connectivity index (χ0v) is 19.0. The van der Waals surface area contributed by atoms with Gasteiger partial charge < -0.3 is 14.4 Å². The van der Waals surface area contributed by atoms with Crippen molar-refractivity contribution in [2.75, 3.05) is 25.4 Å². The molecular weight excluding hydrogens is 396 g/mol. The van der Waals surface area contributed by atoms with E-state index in [0.29, 0.717) is 12.1 Å². The molecule has 2 aromatic heterocycles. The quantitative estimate of drug-likeness (QED) is 0.504. The van der Waals surface area contributed by atoms with Crippen LogP contribution in [0.4, 0.5) is 5.82 Å². The zero-order chi connectivity index (χ0) is 21.0. The summed E-state index contributed by atoms with van der Waals surface area (Å²) >= 11 is 1.71. The maximum atomic E-state index is 5.74. The van der Waals surface area contributed by atoms with Gasteiger partial charge in [0.1, 0.15) is 28.0 Å². The first-order chi connectivity index (χ1) is 14.6. The van der Waals surface area contributed by atoms with Crippen LogP contribution in [-0.4, -0.2) is 46.9 Å². The van der Waals surface area contributed by atoms with Crippen molar-refractivity contribution < 1.29 is 9.47 Å². The summed E-state index contributed by atoms with van der Waals surface area (Å²) in [5.41, 5.74) is 4.68. The molecular formula is C23H28N4O2S. The van der Waals surface area contributed by atoms with Crippen molar-refractivity contribution in [1.82, 2.24) is 14.4 Å². The van der Waals surface area contributed by atoms with Gasteiger partial charge in [0.25, 0.3) is 0 Å². The van der Waals surface area contributed by atoms with Gasteiger partial charge in [-0.2, -0.15) is 0 Å². The largest absolute Gasteiger partial charge is 0.496 e. The number of aromatic nitrogens is 3. The van der Waals surface area contributed by atoms with E-state index in [9.17, 15) is 0 Å². The molecule has 158 valence electrons. The van der Waals surface area contributed by atoms with Gasteiger partial charge in [0.05, 0.1) is 19.8 Å². The third-order valence-corrected chi connectivity index (χ3v) is 6.63. The summed E-state index contributed by atoms with van der Waals surface area (Å²) in [6.07, 6.45) is 9.14. The molecule has 0 aliphatic heterocycles. The van der Waals surface area contributed by atoms with Crippen molar-refractivity contribution in [3.63, 3.8) is 0 Å². The molecule has 2 heterocycles. The minimum atomic E-state index is 0.641. The van der Waals surface area contributed by atoms with Crippen LogP contribution >= 0.6 is 11.8 Å². The molecule has 6 nitrogen and oxygen atoms in total. The second-order valence-electron chi connectivity index (χ2n) is 8.27. The average molecular weight is 425 g/mol. The number of fused-ring (bicyclic) bond motifs is 1. The van der Waals surface area contributed by atoms with Gasteiger partial charge in [-0.15, -0.1) is 11.8 Å². The number of methoxy groups -OCH3 is 2. The molecule has 0 spiro atoms. The van der Waals surface area contributed by atoms with Gasteiger partial charge in [0, 0.05) is 24.0 Å². The van der Waals surface area contributed by atoms with Crippen LogP contribution in [0.25, 0.3) is 16.9 Å². The molecule has 0 atom stereocenters. The Bertz CT molecular complexity index is 1080. The SMILES string of the molecule is COc1cc(C)cc(OC)c1-c1ncc(C)n2c(N(C3CC3)C3CC3)c(SC)nc12. The number of hydrogen-bond acceptors (Lipinski definition) is 6. The third-order valence-electron chi connectivity index (χ3n) is 5.97. The standard InChI is InChI=1S/C23H28N4O2S/c1-13-10-17(28-3)19(18(11-13)29-4)20-21-25-22(30-5)23(26(21)14(2)12-24-20)27(15-6-7-15)16-8-9-16/h10-12,15-16H,6-9H2,1-5H3. The van der Waals surface area contributed by atoms with E-state index in [4.69, 9.17) is 19.4 Å². The van der Waals surface area contributed by atoms with E-state index in [-0.39, 0.29) is 0 Å². The molecule has 2 aliphatic rings. The summed E-state index contributed by atoms with van der Waals surface area (Å²) in [7, 11) is 3.38. The van der Waals surface area contributed by atoms with Crippen LogP contribution in [0, 0.1) is 13.8 Å². The third kappa shape index (κ3) is 3.11. The zero-order valence-electron chi connectivity index (χ0n) is 18.2. The summed E-state index contributed by atoms with van der Waals surface area (Å²) in [6, 6.07) is 5.33. The fraction of sp³-hybridized carbons (Fsp3) is 0.478. The highest BCUT2D eigenvalue weighted by molar-refractivity contribution is 7.98. The van der Waals surface area contributed by atoms with Crippen LogP contribution in [0.3, 0.4) is 0 Å². The molecule has 5 rings (SSSR count). The predicted octanol–water partition coefficient (Wildman–Crippen LogP) is 4.88. The van der Waals surface area contributed by atoms with Crippen molar-refractivity contribution in [2.24, 2.45) is 0 Å². The predicted molar refractivity (Wildman–Crippen MR) is 121 cm³/mol. The number of imidazole rings is 1. The Morgan fingerprint density at radius 1 is 1.03 bits per heavy atom. The summed E-state index contributed by atoms with van der Waals surface area (Å²) < 4.78 is 13.8. The lowest BCUT2D eigenvalue weighted by atomic mass is 10.1. The average Bonchev–Trinajstić information content (AvgIpc) is 3.67. The molecule has 7 heteroatoms. The van der Waals surface area contributed by atoms with E-state index in [2.05, 4.69) is 22.5 Å². The maximum absolute atomic E-state index is 5.74. The van der Waals surface area contributed by atoms with Crippen molar-refractivity contribution in [1.29, 1.82) is 0 Å². The summed E-state index contributed by atoms with van der Waals surface area (Å²) in [4.78, 5) is 12.5. The van der Waals surface area contributed by atoms with Gasteiger partial charge in [0.15, 0.2) is 5.65 Å². The van der Waals surface area contributed by atoms with Crippen LogP contribution in [0.5, 0.6) is 11.5 Å². The van der Waals surface area contributed by atoms with Gasteiger partial charge in [-0.3, -0.25) is 9.38 Å². The highest BCUT2D eigenvalue weighted by atomic mass is 32.2. The Hall–Kier alpha value is -2.41.